The monoisotopic (exact) mass is 425 g/mol. The third kappa shape index (κ3) is 3.41. The molecule has 1 aliphatic heterocycles. The Morgan fingerprint density at radius 3 is 1.31 bits per heavy atom. The van der Waals surface area contributed by atoms with Gasteiger partial charge < -0.3 is 0 Å². The molecule has 0 N–H and O–H groups in total. The molecule has 2 aromatic carbocycles. The van der Waals surface area contributed by atoms with E-state index in [-0.39, 0.29) is 11.4 Å². The number of nitrogens with zero attached hydrogens (tertiary/aromatic N) is 3. The lowest BCUT2D eigenvalue weighted by Gasteiger charge is -2.28. The summed E-state index contributed by atoms with van der Waals surface area (Å²) in [7, 11) is 0. The topological polar surface area (TPSA) is 63.2 Å². The maximum atomic E-state index is 12.9. The highest BCUT2D eigenvalue weighted by Crippen LogP contribution is 2.35. The Labute approximate surface area is 178 Å². The molecule has 0 bridgehead atoms. The molecule has 0 atom stereocenters. The maximum Gasteiger partial charge on any atom is 0.282 e. The molecule has 0 saturated carbocycles. The zero-order chi connectivity index (χ0) is 20.9. The predicted octanol–water partition coefficient (Wildman–Crippen LogP) is 5.51. The second-order valence-corrected chi connectivity index (χ2v) is 8.62. The van der Waals surface area contributed by atoms with E-state index in [0.717, 1.165) is 11.1 Å². The molecule has 0 saturated heterocycles. The second kappa shape index (κ2) is 6.94. The Hall–Kier alpha value is -2.76. The fourth-order valence-electron chi connectivity index (χ4n) is 3.26. The van der Waals surface area contributed by atoms with Crippen molar-refractivity contribution in [2.24, 2.45) is 0 Å². The van der Waals surface area contributed by atoms with E-state index in [9.17, 15) is 9.59 Å². The summed E-state index contributed by atoms with van der Waals surface area (Å²) in [5, 5.41) is 1.17. The van der Waals surface area contributed by atoms with E-state index in [0.29, 0.717) is 21.4 Å². The van der Waals surface area contributed by atoms with Crippen molar-refractivity contribution in [3.8, 4) is 22.5 Å². The fraction of sp³-hybridized carbons (Fsp3) is 0.182. The zero-order valence-electron chi connectivity index (χ0n) is 16.0. The van der Waals surface area contributed by atoms with Gasteiger partial charge in [0.05, 0.1) is 11.4 Å². The molecule has 4 rings (SSSR count). The van der Waals surface area contributed by atoms with Crippen LogP contribution in [-0.2, 0) is 0 Å². The number of hydrogen-bond acceptors (Lipinski definition) is 4. The van der Waals surface area contributed by atoms with Crippen molar-refractivity contribution in [1.82, 2.24) is 14.9 Å². The highest BCUT2D eigenvalue weighted by atomic mass is 35.5. The Morgan fingerprint density at radius 1 is 0.655 bits per heavy atom. The number of carbonyl (C=O) groups is 2. The van der Waals surface area contributed by atoms with Crippen LogP contribution in [0.3, 0.4) is 0 Å². The average molecular weight is 426 g/mol. The van der Waals surface area contributed by atoms with Gasteiger partial charge in [0.15, 0.2) is 11.4 Å². The van der Waals surface area contributed by atoms with Crippen LogP contribution in [0, 0.1) is 0 Å². The SMILES string of the molecule is CC(C)(C)N1C(=O)c2nc(-c3ccc(Cl)cc3)c(-c3ccc(Cl)cc3)nc2C1=O. The first kappa shape index (κ1) is 19.6. The Morgan fingerprint density at radius 2 is 1.00 bits per heavy atom. The van der Waals surface area contributed by atoms with Gasteiger partial charge in [-0.05, 0) is 45.0 Å². The van der Waals surface area contributed by atoms with Gasteiger partial charge in [-0.25, -0.2) is 9.97 Å². The summed E-state index contributed by atoms with van der Waals surface area (Å²) >= 11 is 12.0. The van der Waals surface area contributed by atoms with Gasteiger partial charge in [-0.2, -0.15) is 0 Å². The molecule has 0 spiro atoms. The largest absolute Gasteiger partial charge is 0.282 e. The van der Waals surface area contributed by atoms with Crippen LogP contribution in [-0.4, -0.2) is 32.2 Å². The van der Waals surface area contributed by atoms with Gasteiger partial charge in [0.25, 0.3) is 11.8 Å². The van der Waals surface area contributed by atoms with Gasteiger partial charge in [-0.3, -0.25) is 14.5 Å². The first-order valence-electron chi connectivity index (χ1n) is 8.99. The molecular weight excluding hydrogens is 409 g/mol. The van der Waals surface area contributed by atoms with Gasteiger partial charge in [0.2, 0.25) is 0 Å². The Kier molecular flexibility index (Phi) is 4.68. The minimum Gasteiger partial charge on any atom is -0.267 e. The van der Waals surface area contributed by atoms with Gasteiger partial charge in [0, 0.05) is 26.7 Å². The summed E-state index contributed by atoms with van der Waals surface area (Å²) < 4.78 is 0. The first-order valence-corrected chi connectivity index (χ1v) is 9.75. The minimum atomic E-state index is -0.683. The van der Waals surface area contributed by atoms with E-state index in [4.69, 9.17) is 23.2 Å². The van der Waals surface area contributed by atoms with Crippen molar-refractivity contribution >= 4 is 35.0 Å². The molecule has 0 aliphatic carbocycles. The number of rotatable bonds is 2. The molecule has 2 amide bonds. The molecule has 0 fully saturated rings. The van der Waals surface area contributed by atoms with Gasteiger partial charge in [-0.1, -0.05) is 47.5 Å². The number of halogens is 2. The summed E-state index contributed by atoms with van der Waals surface area (Å²) in [5.41, 5.74) is 1.92. The molecule has 2 heterocycles. The highest BCUT2D eigenvalue weighted by molar-refractivity contribution is 6.31. The van der Waals surface area contributed by atoms with E-state index in [1.807, 2.05) is 0 Å². The number of fused-ring (bicyclic) bond motifs is 1. The quantitative estimate of drug-likeness (QED) is 0.507. The minimum absolute atomic E-state index is 0.0626. The highest BCUT2D eigenvalue weighted by Gasteiger charge is 2.45. The summed E-state index contributed by atoms with van der Waals surface area (Å²) in [6.45, 7) is 5.40. The number of benzene rings is 2. The molecule has 1 aliphatic rings. The lowest BCUT2D eigenvalue weighted by atomic mass is 10.0. The molecule has 7 heteroatoms. The van der Waals surface area contributed by atoms with E-state index in [1.165, 1.54) is 4.90 Å². The van der Waals surface area contributed by atoms with Crippen LogP contribution in [0.4, 0.5) is 0 Å². The number of imide groups is 1. The van der Waals surface area contributed by atoms with E-state index in [1.54, 1.807) is 69.3 Å². The second-order valence-electron chi connectivity index (χ2n) is 7.75. The van der Waals surface area contributed by atoms with Crippen molar-refractivity contribution in [3.63, 3.8) is 0 Å². The molecule has 1 aromatic heterocycles. The Bertz CT molecular complexity index is 1050. The third-order valence-electron chi connectivity index (χ3n) is 4.61. The average Bonchev–Trinajstić information content (AvgIpc) is 2.92. The van der Waals surface area contributed by atoms with Gasteiger partial charge >= 0.3 is 0 Å². The molecular formula is C22H17Cl2N3O2. The van der Waals surface area contributed by atoms with Gasteiger partial charge in [-0.15, -0.1) is 0 Å². The number of amides is 2. The summed E-state index contributed by atoms with van der Waals surface area (Å²) in [4.78, 5) is 36.3. The summed E-state index contributed by atoms with van der Waals surface area (Å²) in [5.74, 6) is -0.884. The standard InChI is InChI=1S/C22H17Cl2N3O2/c1-22(2,3)27-20(28)18-19(21(27)29)26-17(13-6-10-15(24)11-7-13)16(25-18)12-4-8-14(23)9-5-12/h4-11H,1-3H3. The normalized spacial score (nSPS) is 13.8. The number of carbonyl (C=O) groups excluding carboxylic acids is 2. The smallest absolute Gasteiger partial charge is 0.267 e. The van der Waals surface area contributed by atoms with Crippen LogP contribution in [0.25, 0.3) is 22.5 Å². The lowest BCUT2D eigenvalue weighted by Crippen LogP contribution is -2.45. The van der Waals surface area contributed by atoms with Crippen molar-refractivity contribution in [3.05, 3.63) is 70.0 Å². The number of hydrogen-bond donors (Lipinski definition) is 0. The van der Waals surface area contributed by atoms with E-state index >= 15 is 0 Å². The fourth-order valence-corrected chi connectivity index (χ4v) is 3.52. The lowest BCUT2D eigenvalue weighted by molar-refractivity contribution is 0.0504. The van der Waals surface area contributed by atoms with Crippen LogP contribution in [0.15, 0.2) is 48.5 Å². The molecule has 3 aromatic rings. The van der Waals surface area contributed by atoms with Crippen molar-refractivity contribution < 1.29 is 9.59 Å². The van der Waals surface area contributed by atoms with E-state index in [2.05, 4.69) is 9.97 Å². The van der Waals surface area contributed by atoms with Crippen LogP contribution in [0.5, 0.6) is 0 Å². The van der Waals surface area contributed by atoms with Crippen LogP contribution >= 0.6 is 23.2 Å². The first-order chi connectivity index (χ1) is 13.7. The summed E-state index contributed by atoms with van der Waals surface area (Å²) in [6.07, 6.45) is 0. The predicted molar refractivity (Wildman–Crippen MR) is 113 cm³/mol. The van der Waals surface area contributed by atoms with Crippen LogP contribution in [0.2, 0.25) is 10.0 Å². The van der Waals surface area contributed by atoms with Crippen molar-refractivity contribution in [1.29, 1.82) is 0 Å². The summed E-state index contributed by atoms with van der Waals surface area (Å²) in [6, 6.07) is 14.2. The van der Waals surface area contributed by atoms with Crippen molar-refractivity contribution in [2.45, 2.75) is 26.3 Å². The third-order valence-corrected chi connectivity index (χ3v) is 5.12. The molecule has 0 radical (unpaired) electrons. The molecule has 29 heavy (non-hydrogen) atoms. The van der Waals surface area contributed by atoms with Crippen molar-refractivity contribution in [2.75, 3.05) is 0 Å². The van der Waals surface area contributed by atoms with E-state index < -0.39 is 17.4 Å². The maximum absolute atomic E-state index is 12.9. The molecule has 0 unspecified atom stereocenters. The Balaban J connectivity index is 1.97. The zero-order valence-corrected chi connectivity index (χ0v) is 17.5. The van der Waals surface area contributed by atoms with Crippen LogP contribution in [0.1, 0.15) is 41.7 Å². The number of aromatic nitrogens is 2. The molecule has 146 valence electrons. The van der Waals surface area contributed by atoms with Gasteiger partial charge in [0.1, 0.15) is 0 Å². The molecule has 5 nitrogen and oxygen atoms in total. The van der Waals surface area contributed by atoms with Crippen LogP contribution < -0.4 is 0 Å².